The Morgan fingerprint density at radius 1 is 0.419 bits per heavy atom. The number of nitrogens with zero attached hydrogens (tertiary/aromatic N) is 3. The fraction of sp³-hybridized carbons (Fsp3) is 0.0750. The van der Waals surface area contributed by atoms with Crippen molar-refractivity contribution in [3.63, 3.8) is 0 Å². The van der Waals surface area contributed by atoms with Crippen LogP contribution < -0.4 is 0 Å². The monoisotopic (exact) mass is 551 g/mol. The van der Waals surface area contributed by atoms with Gasteiger partial charge in [-0.25, -0.2) is 15.0 Å². The van der Waals surface area contributed by atoms with Crippen LogP contribution in [0.1, 0.15) is 25.0 Å². The van der Waals surface area contributed by atoms with Gasteiger partial charge in [-0.3, -0.25) is 0 Å². The van der Waals surface area contributed by atoms with Gasteiger partial charge in [-0.15, -0.1) is 0 Å². The molecule has 1 aromatic heterocycles. The first-order chi connectivity index (χ1) is 21.1. The zero-order valence-corrected chi connectivity index (χ0v) is 24.1. The average Bonchev–Trinajstić information content (AvgIpc) is 3.31. The van der Waals surface area contributed by atoms with E-state index in [0.29, 0.717) is 17.5 Å². The van der Waals surface area contributed by atoms with Crippen molar-refractivity contribution in [1.82, 2.24) is 15.0 Å². The minimum absolute atomic E-state index is 0.116. The number of aromatic nitrogens is 3. The fourth-order valence-electron chi connectivity index (χ4n) is 6.56. The molecule has 7 aromatic rings. The van der Waals surface area contributed by atoms with Crippen LogP contribution >= 0.6 is 0 Å². The van der Waals surface area contributed by atoms with Crippen molar-refractivity contribution in [2.45, 2.75) is 19.3 Å². The highest BCUT2D eigenvalue weighted by atomic mass is 15.0. The second kappa shape index (κ2) is 9.85. The molecule has 3 heteroatoms. The molecule has 204 valence electrons. The smallest absolute Gasteiger partial charge is 0.164 e. The van der Waals surface area contributed by atoms with Crippen molar-refractivity contribution in [1.29, 1.82) is 0 Å². The molecule has 3 nitrogen and oxygen atoms in total. The molecule has 6 aromatic carbocycles. The molecule has 1 aliphatic carbocycles. The first kappa shape index (κ1) is 25.3. The molecule has 0 saturated heterocycles. The molecule has 0 amide bonds. The van der Waals surface area contributed by atoms with E-state index in [0.717, 1.165) is 16.7 Å². The first-order valence-electron chi connectivity index (χ1n) is 14.7. The van der Waals surface area contributed by atoms with Crippen LogP contribution in [0.25, 0.3) is 67.2 Å². The molecule has 43 heavy (non-hydrogen) atoms. The Morgan fingerprint density at radius 2 is 0.953 bits per heavy atom. The maximum atomic E-state index is 4.96. The minimum atomic E-state index is -0.116. The van der Waals surface area contributed by atoms with Gasteiger partial charge in [0.25, 0.3) is 0 Å². The summed E-state index contributed by atoms with van der Waals surface area (Å²) in [6.45, 7) is 4.69. The zero-order chi connectivity index (χ0) is 29.0. The van der Waals surface area contributed by atoms with Crippen molar-refractivity contribution in [2.75, 3.05) is 0 Å². The van der Waals surface area contributed by atoms with Crippen LogP contribution in [-0.2, 0) is 5.41 Å². The number of hydrogen-bond donors (Lipinski definition) is 0. The molecule has 1 heterocycles. The molecule has 0 N–H and O–H groups in total. The SMILES string of the molecule is CC1(C)c2ccc(-c3ccccc3)cc2-c2ccc3cc(-c4nc(-c5ccccc5)nc(-c5ccccc5)n4)ccc3c21. The molecular formula is C40H29N3. The second-order valence-corrected chi connectivity index (χ2v) is 11.7. The highest BCUT2D eigenvalue weighted by Crippen LogP contribution is 2.52. The summed E-state index contributed by atoms with van der Waals surface area (Å²) in [5.41, 5.74) is 10.7. The van der Waals surface area contributed by atoms with E-state index >= 15 is 0 Å². The van der Waals surface area contributed by atoms with E-state index < -0.39 is 0 Å². The molecule has 8 rings (SSSR count). The average molecular weight is 552 g/mol. The normalized spacial score (nSPS) is 13.1. The molecule has 0 radical (unpaired) electrons. The van der Waals surface area contributed by atoms with Crippen LogP contribution in [0.5, 0.6) is 0 Å². The predicted molar refractivity (Wildman–Crippen MR) is 177 cm³/mol. The lowest BCUT2D eigenvalue weighted by Gasteiger charge is -2.23. The Bertz CT molecular complexity index is 2080. The lowest BCUT2D eigenvalue weighted by molar-refractivity contribution is 0.666. The van der Waals surface area contributed by atoms with E-state index in [-0.39, 0.29) is 5.41 Å². The third kappa shape index (κ3) is 4.24. The van der Waals surface area contributed by atoms with Crippen LogP contribution in [0.4, 0.5) is 0 Å². The molecule has 0 bridgehead atoms. The van der Waals surface area contributed by atoms with Gasteiger partial charge in [0.15, 0.2) is 17.5 Å². The number of fused-ring (bicyclic) bond motifs is 5. The summed E-state index contributed by atoms with van der Waals surface area (Å²) in [7, 11) is 0. The van der Waals surface area contributed by atoms with E-state index in [1.807, 2.05) is 60.7 Å². The van der Waals surface area contributed by atoms with Crippen molar-refractivity contribution in [3.8, 4) is 56.4 Å². The number of benzene rings is 6. The van der Waals surface area contributed by atoms with Gasteiger partial charge in [-0.2, -0.15) is 0 Å². The Hall–Kier alpha value is -5.41. The Kier molecular flexibility index (Phi) is 5.80. The topological polar surface area (TPSA) is 38.7 Å². The summed E-state index contributed by atoms with van der Waals surface area (Å²) in [6.07, 6.45) is 0. The largest absolute Gasteiger partial charge is 0.208 e. The van der Waals surface area contributed by atoms with Crippen LogP contribution in [-0.4, -0.2) is 15.0 Å². The van der Waals surface area contributed by atoms with Crippen molar-refractivity contribution >= 4 is 10.8 Å². The number of rotatable bonds is 4. The summed E-state index contributed by atoms with van der Waals surface area (Å²) < 4.78 is 0. The number of hydrogen-bond acceptors (Lipinski definition) is 3. The Morgan fingerprint density at radius 3 is 1.56 bits per heavy atom. The van der Waals surface area contributed by atoms with E-state index in [2.05, 4.69) is 92.7 Å². The molecule has 0 atom stereocenters. The summed E-state index contributed by atoms with van der Waals surface area (Å²) in [5, 5.41) is 2.45. The van der Waals surface area contributed by atoms with Gasteiger partial charge in [-0.1, -0.05) is 141 Å². The van der Waals surface area contributed by atoms with Crippen molar-refractivity contribution in [3.05, 3.63) is 151 Å². The van der Waals surface area contributed by atoms with Gasteiger partial charge in [-0.05, 0) is 56.3 Å². The van der Waals surface area contributed by atoms with Gasteiger partial charge in [0.1, 0.15) is 0 Å². The van der Waals surface area contributed by atoms with Gasteiger partial charge >= 0.3 is 0 Å². The van der Waals surface area contributed by atoms with Crippen molar-refractivity contribution < 1.29 is 0 Å². The van der Waals surface area contributed by atoms with Gasteiger partial charge < -0.3 is 0 Å². The lowest BCUT2D eigenvalue weighted by atomic mass is 9.80. The van der Waals surface area contributed by atoms with Crippen LogP contribution in [0.15, 0.2) is 140 Å². The third-order valence-corrected chi connectivity index (χ3v) is 8.69. The van der Waals surface area contributed by atoms with Crippen LogP contribution in [0.3, 0.4) is 0 Å². The fourth-order valence-corrected chi connectivity index (χ4v) is 6.56. The molecule has 0 spiro atoms. The van der Waals surface area contributed by atoms with E-state index in [4.69, 9.17) is 15.0 Å². The quantitative estimate of drug-likeness (QED) is 0.218. The Balaban J connectivity index is 1.27. The summed E-state index contributed by atoms with van der Waals surface area (Å²) in [6, 6.07) is 49.0. The van der Waals surface area contributed by atoms with Crippen molar-refractivity contribution in [2.24, 2.45) is 0 Å². The molecule has 0 fully saturated rings. The predicted octanol–water partition coefficient (Wildman–Crippen LogP) is 10.00. The van der Waals surface area contributed by atoms with Gasteiger partial charge in [0.05, 0.1) is 0 Å². The van der Waals surface area contributed by atoms with E-state index in [1.54, 1.807) is 0 Å². The maximum absolute atomic E-state index is 4.96. The molecule has 0 saturated carbocycles. The lowest BCUT2D eigenvalue weighted by Crippen LogP contribution is -2.15. The summed E-state index contributed by atoms with van der Waals surface area (Å²) in [4.78, 5) is 14.8. The second-order valence-electron chi connectivity index (χ2n) is 11.7. The molecule has 0 aliphatic heterocycles. The maximum Gasteiger partial charge on any atom is 0.164 e. The van der Waals surface area contributed by atoms with Crippen LogP contribution in [0.2, 0.25) is 0 Å². The zero-order valence-electron chi connectivity index (χ0n) is 24.1. The third-order valence-electron chi connectivity index (χ3n) is 8.69. The Labute approximate surface area is 251 Å². The van der Waals surface area contributed by atoms with E-state index in [1.165, 1.54) is 44.2 Å². The highest BCUT2D eigenvalue weighted by molar-refractivity contribution is 5.99. The van der Waals surface area contributed by atoms with Gasteiger partial charge in [0.2, 0.25) is 0 Å². The summed E-state index contributed by atoms with van der Waals surface area (Å²) >= 11 is 0. The molecule has 1 aliphatic rings. The summed E-state index contributed by atoms with van der Waals surface area (Å²) in [5.74, 6) is 2.01. The standard InChI is InChI=1S/C40H29N3/c1-40(2)35-23-20-29(26-12-6-3-7-13-26)25-34(35)33-22-18-30-24-31(19-21-32(30)36(33)40)39-42-37(27-14-8-4-9-15-27)41-38(43-39)28-16-10-5-11-17-28/h3-25H,1-2H3. The molecular weight excluding hydrogens is 522 g/mol. The first-order valence-corrected chi connectivity index (χ1v) is 14.7. The van der Waals surface area contributed by atoms with E-state index in [9.17, 15) is 0 Å². The van der Waals surface area contributed by atoms with Gasteiger partial charge in [0, 0.05) is 22.1 Å². The minimum Gasteiger partial charge on any atom is -0.208 e. The highest BCUT2D eigenvalue weighted by Gasteiger charge is 2.37. The molecule has 0 unspecified atom stereocenters. The van der Waals surface area contributed by atoms with Crippen LogP contribution in [0, 0.1) is 0 Å².